The third-order valence-electron chi connectivity index (χ3n) is 4.73. The van der Waals surface area contributed by atoms with Crippen molar-refractivity contribution in [3.05, 3.63) is 59.9 Å². The van der Waals surface area contributed by atoms with Gasteiger partial charge in [-0.2, -0.15) is 0 Å². The summed E-state index contributed by atoms with van der Waals surface area (Å²) in [5, 5.41) is 0. The van der Waals surface area contributed by atoms with Crippen molar-refractivity contribution < 1.29 is 9.53 Å². The molecule has 1 amide bonds. The number of amides is 1. The zero-order chi connectivity index (χ0) is 18.4. The number of ether oxygens (including phenoxy) is 1. The Hall–Kier alpha value is -2.40. The first-order valence-corrected chi connectivity index (χ1v) is 9.16. The van der Waals surface area contributed by atoms with E-state index in [1.54, 1.807) is 12.4 Å². The lowest BCUT2D eigenvalue weighted by molar-refractivity contribution is -0.132. The molecular weight excluding hydrogens is 326 g/mol. The van der Waals surface area contributed by atoms with Gasteiger partial charge in [-0.15, -0.1) is 0 Å². The average Bonchev–Trinajstić information content (AvgIpc) is 3.15. The molecule has 1 atom stereocenters. The molecule has 0 saturated carbocycles. The van der Waals surface area contributed by atoms with Gasteiger partial charge in [-0.3, -0.25) is 9.78 Å². The summed E-state index contributed by atoms with van der Waals surface area (Å²) >= 11 is 0. The quantitative estimate of drug-likeness (QED) is 0.768. The van der Waals surface area contributed by atoms with Crippen LogP contribution in [0, 0.1) is 0 Å². The van der Waals surface area contributed by atoms with Crippen molar-refractivity contribution in [1.29, 1.82) is 0 Å². The topological polar surface area (TPSA) is 45.7 Å². The molecule has 1 saturated heterocycles. The Labute approximate surface area is 155 Å². The van der Waals surface area contributed by atoms with Gasteiger partial charge in [0.25, 0.3) is 0 Å². The maximum atomic E-state index is 13.0. The second kappa shape index (κ2) is 8.81. The molecule has 0 unspecified atom stereocenters. The number of rotatable bonds is 7. The Morgan fingerprint density at radius 1 is 1.12 bits per heavy atom. The number of pyridine rings is 1. The van der Waals surface area contributed by atoms with Crippen LogP contribution in [0.4, 0.5) is 5.69 Å². The van der Waals surface area contributed by atoms with Gasteiger partial charge < -0.3 is 14.5 Å². The van der Waals surface area contributed by atoms with E-state index in [-0.39, 0.29) is 12.0 Å². The normalized spacial score (nSPS) is 16.5. The Kier molecular flexibility index (Phi) is 6.23. The Bertz CT molecular complexity index is 695. The van der Waals surface area contributed by atoms with Gasteiger partial charge >= 0.3 is 0 Å². The highest BCUT2D eigenvalue weighted by Crippen LogP contribution is 2.17. The highest BCUT2D eigenvalue weighted by molar-refractivity contribution is 5.79. The predicted octanol–water partition coefficient (Wildman–Crippen LogP) is 2.90. The number of aromatic nitrogens is 1. The third-order valence-corrected chi connectivity index (χ3v) is 4.73. The van der Waals surface area contributed by atoms with Crippen LogP contribution < -0.4 is 4.90 Å². The third kappa shape index (κ3) is 5.05. The van der Waals surface area contributed by atoms with Gasteiger partial charge in [0.2, 0.25) is 5.91 Å². The molecular formula is C21H27N3O2. The molecule has 5 nitrogen and oxygen atoms in total. The first kappa shape index (κ1) is 18.4. The predicted molar refractivity (Wildman–Crippen MR) is 103 cm³/mol. The van der Waals surface area contributed by atoms with Crippen molar-refractivity contribution in [2.75, 3.05) is 32.1 Å². The molecule has 0 N–H and O–H groups in total. The molecule has 138 valence electrons. The van der Waals surface area contributed by atoms with Crippen molar-refractivity contribution in [2.24, 2.45) is 0 Å². The molecule has 0 radical (unpaired) electrons. The van der Waals surface area contributed by atoms with E-state index < -0.39 is 0 Å². The average molecular weight is 353 g/mol. The van der Waals surface area contributed by atoms with Gasteiger partial charge in [0, 0.05) is 51.9 Å². The first-order chi connectivity index (χ1) is 12.6. The summed E-state index contributed by atoms with van der Waals surface area (Å²) in [6.07, 6.45) is 6.20. The minimum atomic E-state index is 0.134. The van der Waals surface area contributed by atoms with Crippen LogP contribution in [0.1, 0.15) is 24.0 Å². The summed E-state index contributed by atoms with van der Waals surface area (Å²) in [6, 6.07) is 12.1. The van der Waals surface area contributed by atoms with Crippen LogP contribution in [-0.2, 0) is 22.5 Å². The first-order valence-electron chi connectivity index (χ1n) is 9.16. The fourth-order valence-electron chi connectivity index (χ4n) is 3.20. The summed E-state index contributed by atoms with van der Waals surface area (Å²) < 4.78 is 5.75. The van der Waals surface area contributed by atoms with Crippen molar-refractivity contribution in [1.82, 2.24) is 9.88 Å². The van der Waals surface area contributed by atoms with Crippen LogP contribution >= 0.6 is 0 Å². The Morgan fingerprint density at radius 2 is 1.85 bits per heavy atom. The largest absolute Gasteiger partial charge is 0.378 e. The van der Waals surface area contributed by atoms with Crippen LogP contribution in [0.15, 0.2) is 48.8 Å². The fraction of sp³-hybridized carbons (Fsp3) is 0.429. The number of carbonyl (C=O) groups is 1. The molecule has 0 bridgehead atoms. The van der Waals surface area contributed by atoms with E-state index in [1.807, 2.05) is 43.3 Å². The second-order valence-corrected chi connectivity index (χ2v) is 7.00. The lowest BCUT2D eigenvalue weighted by atomic mass is 10.1. The minimum absolute atomic E-state index is 0.134. The molecule has 2 heterocycles. The monoisotopic (exact) mass is 353 g/mol. The zero-order valence-electron chi connectivity index (χ0n) is 15.6. The van der Waals surface area contributed by atoms with Crippen LogP contribution in [0.3, 0.4) is 0 Å². The maximum Gasteiger partial charge on any atom is 0.227 e. The molecule has 0 spiro atoms. The summed E-state index contributed by atoms with van der Waals surface area (Å²) in [5.41, 5.74) is 3.26. The summed E-state index contributed by atoms with van der Waals surface area (Å²) in [6.45, 7) is 2.04. The lowest BCUT2D eigenvalue weighted by Crippen LogP contribution is -2.37. The van der Waals surface area contributed by atoms with Crippen molar-refractivity contribution in [3.8, 4) is 0 Å². The van der Waals surface area contributed by atoms with Crippen LogP contribution in [0.5, 0.6) is 0 Å². The van der Waals surface area contributed by atoms with Gasteiger partial charge in [0.15, 0.2) is 0 Å². The van der Waals surface area contributed by atoms with Crippen molar-refractivity contribution in [2.45, 2.75) is 31.9 Å². The summed E-state index contributed by atoms with van der Waals surface area (Å²) in [4.78, 5) is 21.0. The van der Waals surface area contributed by atoms with Crippen LogP contribution in [0.25, 0.3) is 0 Å². The molecule has 1 aromatic carbocycles. The zero-order valence-corrected chi connectivity index (χ0v) is 15.6. The maximum absolute atomic E-state index is 13.0. The molecule has 1 aliphatic heterocycles. The van der Waals surface area contributed by atoms with E-state index in [0.29, 0.717) is 19.5 Å². The van der Waals surface area contributed by atoms with Crippen LogP contribution in [0.2, 0.25) is 0 Å². The molecule has 0 aliphatic carbocycles. The standard InChI is InChI=1S/C21H27N3O2/c1-23(2)19-7-5-17(6-8-19)14-21(25)24(16-20-4-3-13-26-20)15-18-9-11-22-12-10-18/h5-12,20H,3-4,13-16H2,1-2H3/t20-/m1/s1. The number of anilines is 1. The van der Waals surface area contributed by atoms with E-state index >= 15 is 0 Å². The number of hydrogen-bond donors (Lipinski definition) is 0. The van der Waals surface area contributed by atoms with Gasteiger partial charge in [-0.05, 0) is 48.2 Å². The smallest absolute Gasteiger partial charge is 0.227 e. The SMILES string of the molecule is CN(C)c1ccc(CC(=O)N(Cc2ccncc2)C[C@H]2CCCO2)cc1. The second-order valence-electron chi connectivity index (χ2n) is 7.00. The van der Waals surface area contributed by atoms with Crippen molar-refractivity contribution >= 4 is 11.6 Å². The summed E-state index contributed by atoms with van der Waals surface area (Å²) in [7, 11) is 4.02. The molecule has 3 rings (SSSR count). The molecule has 1 fully saturated rings. The van der Waals surface area contributed by atoms with Crippen molar-refractivity contribution in [3.63, 3.8) is 0 Å². The number of nitrogens with zero attached hydrogens (tertiary/aromatic N) is 3. The fourth-order valence-corrected chi connectivity index (χ4v) is 3.20. The molecule has 26 heavy (non-hydrogen) atoms. The van der Waals surface area contributed by atoms with Gasteiger partial charge in [0.1, 0.15) is 0 Å². The highest BCUT2D eigenvalue weighted by atomic mass is 16.5. The van der Waals surface area contributed by atoms with E-state index in [0.717, 1.165) is 36.3 Å². The highest BCUT2D eigenvalue weighted by Gasteiger charge is 2.23. The van der Waals surface area contributed by atoms with Gasteiger partial charge in [0.05, 0.1) is 12.5 Å². The van der Waals surface area contributed by atoms with E-state index in [1.165, 1.54) is 0 Å². The molecule has 5 heteroatoms. The number of carbonyl (C=O) groups excluding carboxylic acids is 1. The van der Waals surface area contributed by atoms with Gasteiger partial charge in [-0.25, -0.2) is 0 Å². The van der Waals surface area contributed by atoms with E-state index in [2.05, 4.69) is 22.0 Å². The molecule has 1 aromatic heterocycles. The van der Waals surface area contributed by atoms with Crippen LogP contribution in [-0.4, -0.2) is 49.1 Å². The molecule has 2 aromatic rings. The van der Waals surface area contributed by atoms with E-state index in [9.17, 15) is 4.79 Å². The van der Waals surface area contributed by atoms with E-state index in [4.69, 9.17) is 4.74 Å². The Morgan fingerprint density at radius 3 is 2.46 bits per heavy atom. The number of hydrogen-bond acceptors (Lipinski definition) is 4. The Balaban J connectivity index is 1.68. The lowest BCUT2D eigenvalue weighted by Gasteiger charge is -2.26. The minimum Gasteiger partial charge on any atom is -0.378 e. The number of benzene rings is 1. The summed E-state index contributed by atoms with van der Waals surface area (Å²) in [5.74, 6) is 0.134. The van der Waals surface area contributed by atoms with Gasteiger partial charge in [-0.1, -0.05) is 12.1 Å². The molecule has 1 aliphatic rings.